The molecular formula is C22H19F3N6. The molecule has 2 aromatic carbocycles. The van der Waals surface area contributed by atoms with E-state index in [9.17, 15) is 13.2 Å². The van der Waals surface area contributed by atoms with Crippen molar-refractivity contribution >= 4 is 17.3 Å². The lowest BCUT2D eigenvalue weighted by atomic mass is 10.1. The van der Waals surface area contributed by atoms with Crippen LogP contribution in [0.25, 0.3) is 17.0 Å². The highest BCUT2D eigenvalue weighted by Crippen LogP contribution is 2.31. The Kier molecular flexibility index (Phi) is 4.72. The summed E-state index contributed by atoms with van der Waals surface area (Å²) in [6.07, 6.45) is -2.84. The molecule has 158 valence electrons. The first kappa shape index (κ1) is 19.3. The van der Waals surface area contributed by atoms with Crippen LogP contribution in [0.4, 0.5) is 24.7 Å². The lowest BCUT2D eigenvalue weighted by Crippen LogP contribution is -2.47. The quantitative estimate of drug-likeness (QED) is 0.495. The summed E-state index contributed by atoms with van der Waals surface area (Å²) in [6, 6.07) is 17.2. The van der Waals surface area contributed by atoms with Gasteiger partial charge in [0.15, 0.2) is 0 Å². The van der Waals surface area contributed by atoms with Gasteiger partial charge >= 0.3 is 6.18 Å². The molecule has 0 atom stereocenters. The topological polar surface area (TPSA) is 49.6 Å². The van der Waals surface area contributed by atoms with Gasteiger partial charge in [0, 0.05) is 43.5 Å². The molecule has 1 fully saturated rings. The molecule has 3 heterocycles. The number of fused-ring (bicyclic) bond motifs is 1. The fourth-order valence-corrected chi connectivity index (χ4v) is 3.83. The van der Waals surface area contributed by atoms with Crippen molar-refractivity contribution in [2.24, 2.45) is 0 Å². The predicted molar refractivity (Wildman–Crippen MR) is 112 cm³/mol. The average Bonchev–Trinajstić information content (AvgIpc) is 3.27. The minimum Gasteiger partial charge on any atom is -0.368 e. The van der Waals surface area contributed by atoms with Crippen molar-refractivity contribution in [2.75, 3.05) is 36.0 Å². The number of anilines is 2. The van der Waals surface area contributed by atoms with E-state index >= 15 is 0 Å². The van der Waals surface area contributed by atoms with Crippen LogP contribution < -0.4 is 9.80 Å². The molecule has 4 aromatic rings. The first-order valence-electron chi connectivity index (χ1n) is 9.92. The highest BCUT2D eigenvalue weighted by molar-refractivity contribution is 5.66. The second-order valence-corrected chi connectivity index (χ2v) is 7.36. The van der Waals surface area contributed by atoms with E-state index < -0.39 is 11.7 Å². The third-order valence-corrected chi connectivity index (χ3v) is 5.47. The summed E-state index contributed by atoms with van der Waals surface area (Å²) in [5, 5.41) is 4.32. The van der Waals surface area contributed by atoms with E-state index in [0.717, 1.165) is 34.9 Å². The van der Waals surface area contributed by atoms with Gasteiger partial charge in [-0.3, -0.25) is 0 Å². The Bertz CT molecular complexity index is 1180. The van der Waals surface area contributed by atoms with E-state index in [1.54, 1.807) is 4.52 Å². The van der Waals surface area contributed by atoms with Crippen molar-refractivity contribution in [3.63, 3.8) is 0 Å². The maximum atomic E-state index is 12.8. The summed E-state index contributed by atoms with van der Waals surface area (Å²) in [4.78, 5) is 13.2. The van der Waals surface area contributed by atoms with E-state index in [2.05, 4.69) is 24.9 Å². The van der Waals surface area contributed by atoms with Crippen LogP contribution in [0.15, 0.2) is 67.0 Å². The van der Waals surface area contributed by atoms with Crippen LogP contribution in [-0.4, -0.2) is 45.8 Å². The Hall–Kier alpha value is -3.62. The van der Waals surface area contributed by atoms with E-state index in [-0.39, 0.29) is 0 Å². The van der Waals surface area contributed by atoms with E-state index in [0.29, 0.717) is 32.0 Å². The highest BCUT2D eigenvalue weighted by atomic mass is 19.4. The molecule has 2 aromatic heterocycles. The number of benzene rings is 2. The first-order chi connectivity index (χ1) is 15.0. The molecule has 0 spiro atoms. The Morgan fingerprint density at radius 1 is 0.806 bits per heavy atom. The van der Waals surface area contributed by atoms with Crippen LogP contribution in [0.1, 0.15) is 5.56 Å². The Morgan fingerprint density at radius 2 is 1.48 bits per heavy atom. The van der Waals surface area contributed by atoms with Crippen LogP contribution in [-0.2, 0) is 6.18 Å². The Labute approximate surface area is 176 Å². The van der Waals surface area contributed by atoms with E-state index in [4.69, 9.17) is 0 Å². The lowest BCUT2D eigenvalue weighted by molar-refractivity contribution is -0.137. The third kappa shape index (κ3) is 3.78. The van der Waals surface area contributed by atoms with Crippen LogP contribution in [0.2, 0.25) is 0 Å². The lowest BCUT2D eigenvalue weighted by Gasteiger charge is -2.37. The van der Waals surface area contributed by atoms with Crippen molar-refractivity contribution in [2.45, 2.75) is 6.18 Å². The summed E-state index contributed by atoms with van der Waals surface area (Å²) in [5.41, 5.74) is 1.98. The maximum Gasteiger partial charge on any atom is 0.416 e. The van der Waals surface area contributed by atoms with Gasteiger partial charge in [0.1, 0.15) is 12.1 Å². The fraction of sp³-hybridized carbons (Fsp3) is 0.227. The van der Waals surface area contributed by atoms with Crippen LogP contribution >= 0.6 is 0 Å². The predicted octanol–water partition coefficient (Wildman–Crippen LogP) is 4.14. The zero-order chi connectivity index (χ0) is 21.4. The number of hydrogen-bond donors (Lipinski definition) is 0. The number of aromatic nitrogens is 4. The normalized spacial score (nSPS) is 14.9. The molecule has 1 aliphatic rings. The second-order valence-electron chi connectivity index (χ2n) is 7.36. The van der Waals surface area contributed by atoms with Gasteiger partial charge in [-0.1, -0.05) is 30.3 Å². The van der Waals surface area contributed by atoms with Gasteiger partial charge in [-0.2, -0.15) is 27.8 Å². The van der Waals surface area contributed by atoms with Gasteiger partial charge in [-0.25, -0.2) is 4.98 Å². The first-order valence-corrected chi connectivity index (χ1v) is 9.92. The third-order valence-electron chi connectivity index (χ3n) is 5.47. The van der Waals surface area contributed by atoms with Crippen molar-refractivity contribution in [1.82, 2.24) is 19.6 Å². The highest BCUT2D eigenvalue weighted by Gasteiger charge is 2.30. The molecule has 1 saturated heterocycles. The van der Waals surface area contributed by atoms with Gasteiger partial charge in [-0.15, -0.1) is 0 Å². The number of halogens is 3. The minimum atomic E-state index is -4.32. The Morgan fingerprint density at radius 3 is 2.16 bits per heavy atom. The summed E-state index contributed by atoms with van der Waals surface area (Å²) < 4.78 is 40.2. The van der Waals surface area contributed by atoms with E-state index in [1.165, 1.54) is 18.5 Å². The minimum absolute atomic E-state index is 0.529. The number of piperazine rings is 1. The summed E-state index contributed by atoms with van der Waals surface area (Å²) >= 11 is 0. The number of hydrogen-bond acceptors (Lipinski definition) is 5. The zero-order valence-electron chi connectivity index (χ0n) is 16.5. The molecule has 31 heavy (non-hydrogen) atoms. The summed E-state index contributed by atoms with van der Waals surface area (Å²) in [7, 11) is 0. The van der Waals surface area contributed by atoms with Gasteiger partial charge in [0.05, 0.1) is 11.3 Å². The molecule has 0 saturated carbocycles. The Balaban J connectivity index is 1.38. The number of alkyl halides is 3. The van der Waals surface area contributed by atoms with Crippen molar-refractivity contribution in [1.29, 1.82) is 0 Å². The number of nitrogens with zero attached hydrogens (tertiary/aromatic N) is 6. The average molecular weight is 424 g/mol. The zero-order valence-corrected chi connectivity index (χ0v) is 16.5. The molecule has 0 aliphatic carbocycles. The molecule has 0 unspecified atom stereocenters. The molecule has 9 heteroatoms. The molecular weight excluding hydrogens is 405 g/mol. The van der Waals surface area contributed by atoms with Gasteiger partial charge in [0.2, 0.25) is 0 Å². The van der Waals surface area contributed by atoms with Crippen molar-refractivity contribution in [3.05, 3.63) is 72.6 Å². The van der Waals surface area contributed by atoms with Gasteiger partial charge in [-0.05, 0) is 24.3 Å². The van der Waals surface area contributed by atoms with Crippen LogP contribution in [0, 0.1) is 0 Å². The monoisotopic (exact) mass is 424 g/mol. The van der Waals surface area contributed by atoms with Gasteiger partial charge in [0.25, 0.3) is 5.78 Å². The molecule has 5 rings (SSSR count). The van der Waals surface area contributed by atoms with Gasteiger partial charge < -0.3 is 9.80 Å². The number of rotatable bonds is 3. The molecule has 0 amide bonds. The molecule has 0 N–H and O–H groups in total. The van der Waals surface area contributed by atoms with E-state index in [1.807, 2.05) is 36.4 Å². The van der Waals surface area contributed by atoms with Crippen LogP contribution in [0.3, 0.4) is 0 Å². The molecule has 1 aliphatic heterocycles. The van der Waals surface area contributed by atoms with Crippen molar-refractivity contribution in [3.8, 4) is 11.3 Å². The van der Waals surface area contributed by atoms with Crippen molar-refractivity contribution < 1.29 is 13.2 Å². The molecule has 0 bridgehead atoms. The second kappa shape index (κ2) is 7.57. The summed E-state index contributed by atoms with van der Waals surface area (Å²) in [6.45, 7) is 2.78. The molecule has 0 radical (unpaired) electrons. The summed E-state index contributed by atoms with van der Waals surface area (Å²) in [5.74, 6) is 1.43. The molecule has 6 nitrogen and oxygen atoms in total. The largest absolute Gasteiger partial charge is 0.416 e. The standard InChI is InChI=1S/C22H19F3N6/c23-22(24,25)17-6-8-18(9-7-17)29-10-12-30(13-11-29)20-14-19(16-4-2-1-3-5-16)28-21-26-15-27-31(20)21/h1-9,14-15H,10-13H2. The SMILES string of the molecule is FC(F)(F)c1ccc(N2CCN(c3cc(-c4ccccc4)nc4ncnn34)CC2)cc1. The smallest absolute Gasteiger partial charge is 0.368 e. The fourth-order valence-electron chi connectivity index (χ4n) is 3.83. The maximum absolute atomic E-state index is 12.8. The van der Waals surface area contributed by atoms with Crippen LogP contribution in [0.5, 0.6) is 0 Å².